The van der Waals surface area contributed by atoms with E-state index in [1.165, 1.54) is 12.8 Å². The van der Waals surface area contributed by atoms with Crippen LogP contribution in [0.1, 0.15) is 32.4 Å². The molecule has 2 heterocycles. The quantitative estimate of drug-likeness (QED) is 0.831. The number of aryl methyl sites for hydroxylation is 2. The average Bonchev–Trinajstić information content (AvgIpc) is 2.77. The first kappa shape index (κ1) is 15.3. The minimum Gasteiger partial charge on any atom is -0.379 e. The van der Waals surface area contributed by atoms with Gasteiger partial charge in [0.2, 0.25) is 5.95 Å². The van der Waals surface area contributed by atoms with Crippen LogP contribution in [0.15, 0.2) is 6.20 Å². The number of anilines is 1. The summed E-state index contributed by atoms with van der Waals surface area (Å²) < 4.78 is 7.63. The van der Waals surface area contributed by atoms with E-state index in [0.29, 0.717) is 6.04 Å². The highest BCUT2D eigenvalue weighted by molar-refractivity contribution is 5.30. The zero-order chi connectivity index (χ0) is 14.4. The van der Waals surface area contributed by atoms with E-state index in [1.807, 2.05) is 0 Å². The molecule has 0 amide bonds. The molecule has 1 aliphatic rings. The van der Waals surface area contributed by atoms with Crippen LogP contribution in [-0.4, -0.2) is 53.3 Å². The van der Waals surface area contributed by atoms with Crippen LogP contribution in [0, 0.1) is 6.92 Å². The molecule has 1 aliphatic heterocycles. The molecule has 0 saturated carbocycles. The average molecular weight is 280 g/mol. The first-order chi connectivity index (χ1) is 9.69. The molecule has 5 heteroatoms. The highest BCUT2D eigenvalue weighted by Gasteiger charge is 2.15. The third-order valence-corrected chi connectivity index (χ3v) is 3.66. The van der Waals surface area contributed by atoms with Crippen molar-refractivity contribution >= 4 is 5.95 Å². The minimum atomic E-state index is 0.398. The lowest BCUT2D eigenvalue weighted by Crippen LogP contribution is -2.42. The van der Waals surface area contributed by atoms with Crippen LogP contribution in [0.25, 0.3) is 0 Å². The topological polar surface area (TPSA) is 42.3 Å². The highest BCUT2D eigenvalue weighted by Crippen LogP contribution is 2.12. The number of rotatable bonds is 7. The van der Waals surface area contributed by atoms with Crippen molar-refractivity contribution in [3.05, 3.63) is 11.9 Å². The lowest BCUT2D eigenvalue weighted by Gasteiger charge is -2.29. The Morgan fingerprint density at radius 2 is 2.15 bits per heavy atom. The number of nitrogens with one attached hydrogen (secondary N) is 1. The van der Waals surface area contributed by atoms with Crippen LogP contribution in [0.3, 0.4) is 0 Å². The van der Waals surface area contributed by atoms with Gasteiger partial charge in [-0.15, -0.1) is 0 Å². The second-order valence-corrected chi connectivity index (χ2v) is 5.71. The van der Waals surface area contributed by atoms with Gasteiger partial charge in [0.1, 0.15) is 0 Å². The molecular weight excluding hydrogens is 252 g/mol. The Morgan fingerprint density at radius 1 is 1.40 bits per heavy atom. The number of ether oxygens (including phenoxy) is 1. The van der Waals surface area contributed by atoms with Gasteiger partial charge >= 0.3 is 0 Å². The van der Waals surface area contributed by atoms with Gasteiger partial charge in [0, 0.05) is 38.4 Å². The maximum absolute atomic E-state index is 5.39. The molecule has 1 aromatic heterocycles. The fraction of sp³-hybridized carbons (Fsp3) is 0.800. The first-order valence-corrected chi connectivity index (χ1v) is 7.79. The lowest BCUT2D eigenvalue weighted by atomic mass is 10.3. The summed E-state index contributed by atoms with van der Waals surface area (Å²) >= 11 is 0. The van der Waals surface area contributed by atoms with Gasteiger partial charge < -0.3 is 14.6 Å². The number of imidazole rings is 1. The van der Waals surface area contributed by atoms with Crippen molar-refractivity contribution in [3.8, 4) is 0 Å². The first-order valence-electron chi connectivity index (χ1n) is 7.79. The summed E-state index contributed by atoms with van der Waals surface area (Å²) in [5, 5.41) is 3.56. The van der Waals surface area contributed by atoms with E-state index in [4.69, 9.17) is 4.74 Å². The maximum Gasteiger partial charge on any atom is 0.203 e. The fourth-order valence-electron chi connectivity index (χ4n) is 2.60. The third kappa shape index (κ3) is 4.49. The predicted molar refractivity (Wildman–Crippen MR) is 82.2 cm³/mol. The SMILES string of the molecule is CCCCn1cc(C)nc1NC(C)CN1CCOCC1. The molecule has 20 heavy (non-hydrogen) atoms. The summed E-state index contributed by atoms with van der Waals surface area (Å²) in [5.74, 6) is 1.01. The molecule has 0 radical (unpaired) electrons. The Bertz CT molecular complexity index is 399. The van der Waals surface area contributed by atoms with Gasteiger partial charge in [-0.1, -0.05) is 13.3 Å². The van der Waals surface area contributed by atoms with E-state index in [-0.39, 0.29) is 0 Å². The number of unbranched alkanes of at least 4 members (excludes halogenated alkanes) is 1. The molecule has 1 atom stereocenters. The van der Waals surface area contributed by atoms with Crippen LogP contribution in [-0.2, 0) is 11.3 Å². The Morgan fingerprint density at radius 3 is 2.85 bits per heavy atom. The molecule has 1 aromatic rings. The number of aromatic nitrogens is 2. The number of hydrogen-bond acceptors (Lipinski definition) is 4. The van der Waals surface area contributed by atoms with Crippen LogP contribution in [0.4, 0.5) is 5.95 Å². The fourth-order valence-corrected chi connectivity index (χ4v) is 2.60. The van der Waals surface area contributed by atoms with Crippen molar-refractivity contribution in [2.45, 2.75) is 46.2 Å². The van der Waals surface area contributed by atoms with Gasteiger partial charge in [0.15, 0.2) is 0 Å². The zero-order valence-corrected chi connectivity index (χ0v) is 13.1. The van der Waals surface area contributed by atoms with Gasteiger partial charge in [-0.25, -0.2) is 4.98 Å². The number of hydrogen-bond donors (Lipinski definition) is 1. The molecule has 1 fully saturated rings. The standard InChI is InChI=1S/C15H28N4O/c1-4-5-6-19-12-14(3)17-15(19)16-13(2)11-18-7-9-20-10-8-18/h12-13H,4-11H2,1-3H3,(H,16,17). The third-order valence-electron chi connectivity index (χ3n) is 3.66. The van der Waals surface area contributed by atoms with Crippen molar-refractivity contribution in [2.24, 2.45) is 0 Å². The maximum atomic E-state index is 5.39. The van der Waals surface area contributed by atoms with Crippen molar-refractivity contribution in [3.63, 3.8) is 0 Å². The molecule has 1 unspecified atom stereocenters. The van der Waals surface area contributed by atoms with Gasteiger partial charge in [0.05, 0.1) is 18.9 Å². The van der Waals surface area contributed by atoms with E-state index >= 15 is 0 Å². The van der Waals surface area contributed by atoms with E-state index in [9.17, 15) is 0 Å². The molecule has 5 nitrogen and oxygen atoms in total. The van der Waals surface area contributed by atoms with Gasteiger partial charge in [-0.3, -0.25) is 4.90 Å². The Kier molecular flexibility index (Phi) is 5.86. The monoisotopic (exact) mass is 280 g/mol. The molecule has 1 N–H and O–H groups in total. The zero-order valence-electron chi connectivity index (χ0n) is 13.1. The van der Waals surface area contributed by atoms with Crippen LogP contribution in [0.2, 0.25) is 0 Å². The van der Waals surface area contributed by atoms with Crippen molar-refractivity contribution in [1.82, 2.24) is 14.5 Å². The number of nitrogens with zero attached hydrogens (tertiary/aromatic N) is 3. The summed E-state index contributed by atoms with van der Waals surface area (Å²) in [6.07, 6.45) is 4.54. The van der Waals surface area contributed by atoms with E-state index < -0.39 is 0 Å². The summed E-state index contributed by atoms with van der Waals surface area (Å²) in [4.78, 5) is 7.06. The predicted octanol–water partition coefficient (Wildman–Crippen LogP) is 2.12. The molecular formula is C15H28N4O. The van der Waals surface area contributed by atoms with Crippen molar-refractivity contribution in [1.29, 1.82) is 0 Å². The van der Waals surface area contributed by atoms with E-state index in [1.54, 1.807) is 0 Å². The van der Waals surface area contributed by atoms with Crippen LogP contribution in [0.5, 0.6) is 0 Å². The second kappa shape index (κ2) is 7.64. The van der Waals surface area contributed by atoms with E-state index in [0.717, 1.165) is 51.0 Å². The smallest absolute Gasteiger partial charge is 0.203 e. The molecule has 0 spiro atoms. The summed E-state index contributed by atoms with van der Waals surface area (Å²) in [5.41, 5.74) is 1.09. The van der Waals surface area contributed by atoms with Gasteiger partial charge in [-0.2, -0.15) is 0 Å². The molecule has 114 valence electrons. The molecule has 0 bridgehead atoms. The van der Waals surface area contributed by atoms with E-state index in [2.05, 4.69) is 46.7 Å². The molecule has 0 aromatic carbocycles. The molecule has 2 rings (SSSR count). The molecule has 0 aliphatic carbocycles. The Labute approximate surface area is 122 Å². The summed E-state index contributed by atoms with van der Waals surface area (Å²) in [6.45, 7) is 12.4. The second-order valence-electron chi connectivity index (χ2n) is 5.71. The van der Waals surface area contributed by atoms with Gasteiger partial charge in [-0.05, 0) is 20.3 Å². The van der Waals surface area contributed by atoms with Gasteiger partial charge in [0.25, 0.3) is 0 Å². The number of morpholine rings is 1. The van der Waals surface area contributed by atoms with Crippen molar-refractivity contribution in [2.75, 3.05) is 38.2 Å². The lowest BCUT2D eigenvalue weighted by molar-refractivity contribution is 0.0367. The molecule has 1 saturated heterocycles. The highest BCUT2D eigenvalue weighted by atomic mass is 16.5. The van der Waals surface area contributed by atoms with Crippen LogP contribution < -0.4 is 5.32 Å². The summed E-state index contributed by atoms with van der Waals surface area (Å²) in [7, 11) is 0. The largest absolute Gasteiger partial charge is 0.379 e. The Hall–Kier alpha value is -1.07. The Balaban J connectivity index is 1.87. The summed E-state index contributed by atoms with van der Waals surface area (Å²) in [6, 6.07) is 0.398. The normalized spacial score (nSPS) is 18.1. The van der Waals surface area contributed by atoms with Crippen LogP contribution >= 0.6 is 0 Å². The van der Waals surface area contributed by atoms with Crippen molar-refractivity contribution < 1.29 is 4.74 Å². The minimum absolute atomic E-state index is 0.398.